The highest BCUT2D eigenvalue weighted by Crippen LogP contribution is 2.27. The number of nitrogens with zero attached hydrogens (tertiary/aromatic N) is 1. The van der Waals surface area contributed by atoms with Gasteiger partial charge < -0.3 is 20.1 Å². The fourth-order valence-electron chi connectivity index (χ4n) is 3.15. The van der Waals surface area contributed by atoms with Crippen molar-refractivity contribution < 1.29 is 9.47 Å². The van der Waals surface area contributed by atoms with Gasteiger partial charge in [-0.25, -0.2) is 4.99 Å². The number of guanidine groups is 1. The zero-order valence-corrected chi connectivity index (χ0v) is 16.2. The zero-order valence-electron chi connectivity index (χ0n) is 16.2. The second-order valence-corrected chi connectivity index (χ2v) is 6.53. The number of benzene rings is 2. The van der Waals surface area contributed by atoms with Gasteiger partial charge in [0.15, 0.2) is 5.96 Å². The van der Waals surface area contributed by atoms with E-state index in [9.17, 15) is 0 Å². The number of fused-ring (bicyclic) bond motifs is 1. The van der Waals surface area contributed by atoms with Crippen LogP contribution in [0, 0.1) is 0 Å². The van der Waals surface area contributed by atoms with Crippen molar-refractivity contribution in [3.05, 3.63) is 65.2 Å². The molecule has 0 saturated carbocycles. The summed E-state index contributed by atoms with van der Waals surface area (Å²) in [6, 6.07) is 16.5. The van der Waals surface area contributed by atoms with Crippen molar-refractivity contribution >= 4 is 5.96 Å². The molecule has 2 aromatic rings. The Labute approximate surface area is 161 Å². The van der Waals surface area contributed by atoms with E-state index in [1.807, 2.05) is 31.2 Å². The molecule has 3 rings (SSSR count). The van der Waals surface area contributed by atoms with E-state index in [-0.39, 0.29) is 6.10 Å². The highest BCUT2D eigenvalue weighted by molar-refractivity contribution is 5.79. The van der Waals surface area contributed by atoms with Crippen LogP contribution in [0.3, 0.4) is 0 Å². The van der Waals surface area contributed by atoms with Crippen LogP contribution in [0.1, 0.15) is 30.5 Å². The van der Waals surface area contributed by atoms with E-state index in [2.05, 4.69) is 41.8 Å². The van der Waals surface area contributed by atoms with Crippen molar-refractivity contribution in [3.8, 4) is 5.75 Å². The van der Waals surface area contributed by atoms with Gasteiger partial charge in [0, 0.05) is 19.6 Å². The predicted molar refractivity (Wildman–Crippen MR) is 109 cm³/mol. The molecule has 0 bridgehead atoms. The molecule has 5 heteroatoms. The van der Waals surface area contributed by atoms with Crippen LogP contribution < -0.4 is 15.4 Å². The summed E-state index contributed by atoms with van der Waals surface area (Å²) in [4.78, 5) is 4.75. The summed E-state index contributed by atoms with van der Waals surface area (Å²) in [5, 5.41) is 6.73. The summed E-state index contributed by atoms with van der Waals surface area (Å²) in [6.07, 6.45) is 1.07. The van der Waals surface area contributed by atoms with Gasteiger partial charge in [-0.05, 0) is 36.6 Å². The monoisotopic (exact) mass is 367 g/mol. The Morgan fingerprint density at radius 3 is 2.63 bits per heavy atom. The van der Waals surface area contributed by atoms with Crippen molar-refractivity contribution in [1.29, 1.82) is 0 Å². The quantitative estimate of drug-likeness (QED) is 0.555. The number of aliphatic imine (C=N–C) groups is 1. The van der Waals surface area contributed by atoms with Crippen molar-refractivity contribution in [2.45, 2.75) is 39.5 Å². The minimum atomic E-state index is 0.136. The van der Waals surface area contributed by atoms with E-state index in [0.717, 1.165) is 31.2 Å². The average molecular weight is 367 g/mol. The fraction of sp³-hybridized carbons (Fsp3) is 0.409. The molecule has 0 fully saturated rings. The van der Waals surface area contributed by atoms with Gasteiger partial charge in [0.25, 0.3) is 0 Å². The molecule has 144 valence electrons. The van der Waals surface area contributed by atoms with Gasteiger partial charge in [-0.15, -0.1) is 0 Å². The van der Waals surface area contributed by atoms with E-state index in [1.54, 1.807) is 0 Å². The Kier molecular flexibility index (Phi) is 7.11. The summed E-state index contributed by atoms with van der Waals surface area (Å²) in [5.41, 5.74) is 3.65. The first-order valence-corrected chi connectivity index (χ1v) is 9.71. The molecule has 1 aliphatic rings. The number of hydrogen-bond acceptors (Lipinski definition) is 3. The highest BCUT2D eigenvalue weighted by atomic mass is 16.5. The second kappa shape index (κ2) is 9.97. The summed E-state index contributed by atoms with van der Waals surface area (Å²) >= 11 is 0. The third-order valence-electron chi connectivity index (χ3n) is 4.54. The standard InChI is InChI=1S/C22H29N3O2/c1-3-23-22(24-14-18-10-5-6-11-19(18)16-26-4-2)25-15-20-13-17-9-7-8-12-21(17)27-20/h5-12,20H,3-4,13-16H2,1-2H3,(H2,23,24,25). The van der Waals surface area contributed by atoms with Crippen molar-refractivity contribution in [2.24, 2.45) is 4.99 Å². The molecule has 0 radical (unpaired) electrons. The van der Waals surface area contributed by atoms with Crippen LogP contribution in [0.2, 0.25) is 0 Å². The van der Waals surface area contributed by atoms with Crippen molar-refractivity contribution in [3.63, 3.8) is 0 Å². The molecule has 27 heavy (non-hydrogen) atoms. The Balaban J connectivity index is 1.57. The molecule has 5 nitrogen and oxygen atoms in total. The molecule has 1 unspecified atom stereocenters. The molecule has 2 N–H and O–H groups in total. The maximum absolute atomic E-state index is 6.00. The lowest BCUT2D eigenvalue weighted by atomic mass is 10.1. The number of rotatable bonds is 8. The van der Waals surface area contributed by atoms with Crippen LogP contribution in [0.4, 0.5) is 0 Å². The number of para-hydroxylation sites is 1. The molecule has 2 aromatic carbocycles. The average Bonchev–Trinajstić information content (AvgIpc) is 3.12. The lowest BCUT2D eigenvalue weighted by molar-refractivity contribution is 0.133. The van der Waals surface area contributed by atoms with Gasteiger partial charge in [-0.2, -0.15) is 0 Å². The Hall–Kier alpha value is -2.53. The predicted octanol–water partition coefficient (Wildman–Crippen LogP) is 3.28. The number of hydrogen-bond donors (Lipinski definition) is 2. The maximum atomic E-state index is 6.00. The summed E-state index contributed by atoms with van der Waals surface area (Å²) in [6.45, 7) is 7.58. The Morgan fingerprint density at radius 1 is 1.07 bits per heavy atom. The lowest BCUT2D eigenvalue weighted by Gasteiger charge is -2.16. The van der Waals surface area contributed by atoms with Gasteiger partial charge in [0.1, 0.15) is 11.9 Å². The van der Waals surface area contributed by atoms with Crippen LogP contribution in [-0.2, 0) is 24.3 Å². The molecule has 1 aliphatic heterocycles. The van der Waals surface area contributed by atoms with Crippen molar-refractivity contribution in [1.82, 2.24) is 10.6 Å². The van der Waals surface area contributed by atoms with Gasteiger partial charge in [0.2, 0.25) is 0 Å². The van der Waals surface area contributed by atoms with Gasteiger partial charge in [0.05, 0.1) is 19.7 Å². The topological polar surface area (TPSA) is 54.9 Å². The smallest absolute Gasteiger partial charge is 0.191 e. The summed E-state index contributed by atoms with van der Waals surface area (Å²) in [5.74, 6) is 1.80. The third-order valence-corrected chi connectivity index (χ3v) is 4.54. The first kappa shape index (κ1) is 19.2. The molecule has 0 aromatic heterocycles. The van der Waals surface area contributed by atoms with E-state index in [0.29, 0.717) is 19.8 Å². The largest absolute Gasteiger partial charge is 0.488 e. The molecule has 1 atom stereocenters. The van der Waals surface area contributed by atoms with Crippen LogP contribution in [0.25, 0.3) is 0 Å². The molecular weight excluding hydrogens is 338 g/mol. The minimum Gasteiger partial charge on any atom is -0.488 e. The van der Waals surface area contributed by atoms with Gasteiger partial charge in [-0.1, -0.05) is 42.5 Å². The van der Waals surface area contributed by atoms with Crippen LogP contribution in [0.15, 0.2) is 53.5 Å². The van der Waals surface area contributed by atoms with E-state index < -0.39 is 0 Å². The summed E-state index contributed by atoms with van der Waals surface area (Å²) in [7, 11) is 0. The Bertz CT molecular complexity index is 736. The summed E-state index contributed by atoms with van der Waals surface area (Å²) < 4.78 is 11.6. The SMILES string of the molecule is CCNC(=NCc1ccccc1COCC)NCC1Cc2ccccc2O1. The fourth-order valence-corrected chi connectivity index (χ4v) is 3.15. The molecular formula is C22H29N3O2. The molecule has 0 aliphatic carbocycles. The van der Waals surface area contributed by atoms with Crippen LogP contribution in [-0.4, -0.2) is 31.8 Å². The Morgan fingerprint density at radius 2 is 1.85 bits per heavy atom. The molecule has 0 saturated heterocycles. The van der Waals surface area contributed by atoms with E-state index >= 15 is 0 Å². The minimum absolute atomic E-state index is 0.136. The first-order valence-electron chi connectivity index (χ1n) is 9.71. The maximum Gasteiger partial charge on any atom is 0.191 e. The molecule has 1 heterocycles. The second-order valence-electron chi connectivity index (χ2n) is 6.53. The highest BCUT2D eigenvalue weighted by Gasteiger charge is 2.22. The third kappa shape index (κ3) is 5.47. The van der Waals surface area contributed by atoms with Crippen LogP contribution >= 0.6 is 0 Å². The zero-order chi connectivity index (χ0) is 18.9. The molecule has 0 spiro atoms. The lowest BCUT2D eigenvalue weighted by Crippen LogP contribution is -2.42. The van der Waals surface area contributed by atoms with E-state index in [1.165, 1.54) is 16.7 Å². The number of ether oxygens (including phenoxy) is 2. The van der Waals surface area contributed by atoms with Gasteiger partial charge >= 0.3 is 0 Å². The first-order chi connectivity index (χ1) is 13.3. The molecule has 0 amide bonds. The van der Waals surface area contributed by atoms with Crippen molar-refractivity contribution in [2.75, 3.05) is 19.7 Å². The van der Waals surface area contributed by atoms with E-state index in [4.69, 9.17) is 14.5 Å². The van der Waals surface area contributed by atoms with Crippen LogP contribution in [0.5, 0.6) is 5.75 Å². The normalized spacial score (nSPS) is 15.9. The number of nitrogens with one attached hydrogen (secondary N) is 2. The van der Waals surface area contributed by atoms with Gasteiger partial charge in [-0.3, -0.25) is 0 Å².